The number of carbonyl (C=O) groups excluding carboxylic acids is 1. The quantitative estimate of drug-likeness (QED) is 0.466. The maximum absolute atomic E-state index is 12.2. The van der Waals surface area contributed by atoms with Crippen LogP contribution in [0.3, 0.4) is 0 Å². The van der Waals surface area contributed by atoms with Crippen molar-refractivity contribution in [3.8, 4) is 5.75 Å². The second-order valence-corrected chi connectivity index (χ2v) is 8.37. The molecule has 0 saturated carbocycles. The first-order valence-corrected chi connectivity index (χ1v) is 10.9. The van der Waals surface area contributed by atoms with Gasteiger partial charge in [0.15, 0.2) is 6.61 Å². The number of halogens is 1. The molecular weight excluding hydrogens is 424 g/mol. The van der Waals surface area contributed by atoms with E-state index in [2.05, 4.69) is 14.8 Å². The number of fused-ring (bicyclic) bond motifs is 3. The summed E-state index contributed by atoms with van der Waals surface area (Å²) in [4.78, 5) is 19.3. The SMILES string of the molecule is Cc1ccc(OCC(=O)Nc2ccc(N3CCn4c(nc5cc(Cl)ccc54)C3)cc2)cc1. The van der Waals surface area contributed by atoms with Crippen molar-refractivity contribution >= 4 is 39.9 Å². The van der Waals surface area contributed by atoms with Gasteiger partial charge >= 0.3 is 0 Å². The third kappa shape index (κ3) is 4.27. The lowest BCUT2D eigenvalue weighted by Gasteiger charge is -2.30. The summed E-state index contributed by atoms with van der Waals surface area (Å²) in [5.74, 6) is 1.52. The van der Waals surface area contributed by atoms with E-state index in [9.17, 15) is 4.79 Å². The average Bonchev–Trinajstić information content (AvgIpc) is 3.16. The number of anilines is 2. The normalized spacial score (nSPS) is 13.1. The molecule has 0 atom stereocenters. The Balaban J connectivity index is 1.21. The van der Waals surface area contributed by atoms with E-state index in [1.807, 2.05) is 73.7 Å². The van der Waals surface area contributed by atoms with E-state index < -0.39 is 0 Å². The zero-order valence-corrected chi connectivity index (χ0v) is 18.5. The Hall–Kier alpha value is -3.51. The largest absolute Gasteiger partial charge is 0.484 e. The van der Waals surface area contributed by atoms with Crippen LogP contribution in [0.2, 0.25) is 5.02 Å². The molecule has 0 spiro atoms. The molecule has 1 amide bonds. The number of imidazole rings is 1. The van der Waals surface area contributed by atoms with E-state index in [0.717, 1.165) is 53.4 Å². The van der Waals surface area contributed by atoms with Crippen molar-refractivity contribution in [1.82, 2.24) is 9.55 Å². The maximum atomic E-state index is 12.2. The lowest BCUT2D eigenvalue weighted by Crippen LogP contribution is -2.33. The standard InChI is InChI=1S/C25H23ClN4O2/c1-17-2-9-21(10-3-17)32-16-25(31)27-19-5-7-20(8-6-19)29-12-13-30-23-11-4-18(26)14-22(23)28-24(30)15-29/h2-11,14H,12-13,15-16H2,1H3,(H,27,31). The van der Waals surface area contributed by atoms with Gasteiger partial charge in [-0.1, -0.05) is 29.3 Å². The molecule has 1 aromatic heterocycles. The third-order valence-corrected chi connectivity index (χ3v) is 5.86. The van der Waals surface area contributed by atoms with Gasteiger partial charge in [-0.25, -0.2) is 4.98 Å². The van der Waals surface area contributed by atoms with Crippen LogP contribution >= 0.6 is 11.6 Å². The molecule has 1 aliphatic heterocycles. The number of nitrogens with zero attached hydrogens (tertiary/aromatic N) is 3. The summed E-state index contributed by atoms with van der Waals surface area (Å²) in [5, 5.41) is 3.58. The number of aryl methyl sites for hydroxylation is 1. The molecule has 1 aliphatic rings. The van der Waals surface area contributed by atoms with Gasteiger partial charge in [0.2, 0.25) is 0 Å². The lowest BCUT2D eigenvalue weighted by atomic mass is 10.2. The fraction of sp³-hybridized carbons (Fsp3) is 0.200. The Morgan fingerprint density at radius 2 is 1.84 bits per heavy atom. The van der Waals surface area contributed by atoms with Gasteiger partial charge in [-0.3, -0.25) is 4.79 Å². The van der Waals surface area contributed by atoms with Crippen molar-refractivity contribution in [1.29, 1.82) is 0 Å². The predicted molar refractivity (Wildman–Crippen MR) is 128 cm³/mol. The first-order chi connectivity index (χ1) is 15.5. The van der Waals surface area contributed by atoms with Crippen molar-refractivity contribution in [2.45, 2.75) is 20.0 Å². The molecule has 6 nitrogen and oxygen atoms in total. The van der Waals surface area contributed by atoms with Crippen LogP contribution in [0.5, 0.6) is 5.75 Å². The number of hydrogen-bond acceptors (Lipinski definition) is 4. The van der Waals surface area contributed by atoms with Gasteiger partial charge in [0.05, 0.1) is 17.6 Å². The summed E-state index contributed by atoms with van der Waals surface area (Å²) in [6, 6.07) is 21.3. The Morgan fingerprint density at radius 3 is 2.62 bits per heavy atom. The second kappa shape index (κ2) is 8.55. The smallest absolute Gasteiger partial charge is 0.262 e. The number of benzene rings is 3. The van der Waals surface area contributed by atoms with E-state index in [1.54, 1.807) is 0 Å². The zero-order chi connectivity index (χ0) is 22.1. The van der Waals surface area contributed by atoms with Crippen molar-refractivity contribution in [3.63, 3.8) is 0 Å². The van der Waals surface area contributed by atoms with Crippen molar-refractivity contribution in [2.75, 3.05) is 23.4 Å². The van der Waals surface area contributed by atoms with E-state index in [-0.39, 0.29) is 12.5 Å². The number of amides is 1. The summed E-state index contributed by atoms with van der Waals surface area (Å²) in [6.07, 6.45) is 0. The van der Waals surface area contributed by atoms with Crippen LogP contribution in [0, 0.1) is 6.92 Å². The van der Waals surface area contributed by atoms with Gasteiger partial charge in [0.25, 0.3) is 5.91 Å². The molecule has 5 rings (SSSR count). The van der Waals surface area contributed by atoms with Gasteiger partial charge < -0.3 is 19.5 Å². The minimum Gasteiger partial charge on any atom is -0.484 e. The fourth-order valence-corrected chi connectivity index (χ4v) is 4.12. The molecule has 0 radical (unpaired) electrons. The summed E-state index contributed by atoms with van der Waals surface area (Å²) >= 11 is 6.12. The second-order valence-electron chi connectivity index (χ2n) is 7.93. The van der Waals surface area contributed by atoms with Crippen molar-refractivity contribution in [2.24, 2.45) is 0 Å². The monoisotopic (exact) mass is 446 g/mol. The molecular formula is C25H23ClN4O2. The van der Waals surface area contributed by atoms with Crippen LogP contribution < -0.4 is 15.0 Å². The topological polar surface area (TPSA) is 59.4 Å². The summed E-state index contributed by atoms with van der Waals surface area (Å²) < 4.78 is 7.80. The van der Waals surface area contributed by atoms with Crippen LogP contribution in [0.1, 0.15) is 11.4 Å². The summed E-state index contributed by atoms with van der Waals surface area (Å²) in [6.45, 7) is 4.45. The minimum atomic E-state index is -0.191. The van der Waals surface area contributed by atoms with Gasteiger partial charge in [0, 0.05) is 29.5 Å². The highest BCUT2D eigenvalue weighted by Crippen LogP contribution is 2.27. The molecule has 162 valence electrons. The van der Waals surface area contributed by atoms with E-state index in [4.69, 9.17) is 21.3 Å². The van der Waals surface area contributed by atoms with Gasteiger partial charge in [-0.2, -0.15) is 0 Å². The molecule has 0 fully saturated rings. The molecule has 0 bridgehead atoms. The highest BCUT2D eigenvalue weighted by atomic mass is 35.5. The number of ether oxygens (including phenoxy) is 1. The average molecular weight is 447 g/mol. The molecule has 4 aromatic rings. The Kier molecular flexibility index (Phi) is 5.45. The third-order valence-electron chi connectivity index (χ3n) is 5.62. The molecule has 3 aromatic carbocycles. The molecule has 0 saturated heterocycles. The molecule has 7 heteroatoms. The van der Waals surface area contributed by atoms with Gasteiger partial charge in [0.1, 0.15) is 11.6 Å². The van der Waals surface area contributed by atoms with Crippen molar-refractivity contribution < 1.29 is 9.53 Å². The zero-order valence-electron chi connectivity index (χ0n) is 17.7. The number of aromatic nitrogens is 2. The van der Waals surface area contributed by atoms with E-state index in [1.165, 1.54) is 0 Å². The van der Waals surface area contributed by atoms with Gasteiger partial charge in [-0.05, 0) is 61.5 Å². The van der Waals surface area contributed by atoms with Crippen molar-refractivity contribution in [3.05, 3.63) is 83.1 Å². The minimum absolute atomic E-state index is 0.0306. The maximum Gasteiger partial charge on any atom is 0.262 e. The van der Waals surface area contributed by atoms with E-state index in [0.29, 0.717) is 10.8 Å². The van der Waals surface area contributed by atoms with Crippen LogP contribution in [0.4, 0.5) is 11.4 Å². The first kappa shape index (κ1) is 20.4. The number of rotatable bonds is 5. The summed E-state index contributed by atoms with van der Waals surface area (Å²) in [5.41, 5.74) is 5.04. The predicted octanol–water partition coefficient (Wildman–Crippen LogP) is 5.04. The number of hydrogen-bond donors (Lipinski definition) is 1. The Labute approximate surface area is 191 Å². The number of nitrogens with one attached hydrogen (secondary N) is 1. The Bertz CT molecular complexity index is 1270. The molecule has 1 N–H and O–H groups in total. The van der Waals surface area contributed by atoms with Crippen LogP contribution in [0.25, 0.3) is 11.0 Å². The molecule has 32 heavy (non-hydrogen) atoms. The van der Waals surface area contributed by atoms with Crippen LogP contribution in [0.15, 0.2) is 66.7 Å². The molecule has 2 heterocycles. The summed E-state index contributed by atoms with van der Waals surface area (Å²) in [7, 11) is 0. The Morgan fingerprint density at radius 1 is 1.06 bits per heavy atom. The van der Waals surface area contributed by atoms with Crippen LogP contribution in [-0.4, -0.2) is 28.6 Å². The number of carbonyl (C=O) groups is 1. The first-order valence-electron chi connectivity index (χ1n) is 10.5. The lowest BCUT2D eigenvalue weighted by molar-refractivity contribution is -0.118. The van der Waals surface area contributed by atoms with Gasteiger partial charge in [-0.15, -0.1) is 0 Å². The van der Waals surface area contributed by atoms with Crippen LogP contribution in [-0.2, 0) is 17.9 Å². The highest BCUT2D eigenvalue weighted by molar-refractivity contribution is 6.31. The highest BCUT2D eigenvalue weighted by Gasteiger charge is 2.20. The van der Waals surface area contributed by atoms with E-state index >= 15 is 0 Å². The fourth-order valence-electron chi connectivity index (χ4n) is 3.95. The molecule has 0 unspecified atom stereocenters. The molecule has 0 aliphatic carbocycles.